The van der Waals surface area contributed by atoms with Crippen LogP contribution in [-0.4, -0.2) is 39.8 Å². The number of rotatable bonds is 6. The van der Waals surface area contributed by atoms with Crippen LogP contribution in [0.2, 0.25) is 0 Å². The van der Waals surface area contributed by atoms with Crippen molar-refractivity contribution in [1.29, 1.82) is 0 Å². The molecule has 10 heteroatoms. The SMILES string of the molecule is O=S(=O)(NC1C2CC3CC(C2)CC1C3)c1ccc2c(c1)C(=NO)c1cc(S(=O)(=O)NC3C4CC5CC(C4)CC3C5)ccc1-2. The topological polar surface area (TPSA) is 125 Å². The largest absolute Gasteiger partial charge is 0.410 e. The third kappa shape index (κ3) is 4.22. The maximum absolute atomic E-state index is 13.7. The number of sulfonamides is 2. The number of fused-ring (bicyclic) bond motifs is 3. The molecular formula is C33H39N3O5S2. The minimum absolute atomic E-state index is 0.0241. The highest BCUT2D eigenvalue weighted by molar-refractivity contribution is 7.89. The third-order valence-corrected chi connectivity index (χ3v) is 15.5. The van der Waals surface area contributed by atoms with E-state index in [0.717, 1.165) is 86.2 Å². The summed E-state index contributed by atoms with van der Waals surface area (Å²) in [6, 6.07) is 9.82. The van der Waals surface area contributed by atoms with E-state index in [1.54, 1.807) is 36.4 Å². The summed E-state index contributed by atoms with van der Waals surface area (Å²) in [5.74, 6) is 4.64. The van der Waals surface area contributed by atoms with Crippen molar-refractivity contribution in [2.45, 2.75) is 86.1 Å². The Labute approximate surface area is 253 Å². The zero-order valence-electron chi connectivity index (χ0n) is 24.2. The normalized spacial score (nSPS) is 38.4. The maximum atomic E-state index is 13.7. The number of oxime groups is 1. The number of nitrogens with one attached hydrogen (secondary N) is 2. The van der Waals surface area contributed by atoms with Gasteiger partial charge in [-0.25, -0.2) is 26.3 Å². The minimum Gasteiger partial charge on any atom is -0.410 e. The summed E-state index contributed by atoms with van der Waals surface area (Å²) in [6.07, 6.45) is 11.5. The summed E-state index contributed by atoms with van der Waals surface area (Å²) >= 11 is 0. The molecule has 0 aliphatic heterocycles. The van der Waals surface area contributed by atoms with Crippen molar-refractivity contribution in [2.75, 3.05) is 0 Å². The number of hydrogen-bond acceptors (Lipinski definition) is 6. The predicted octanol–water partition coefficient (Wildman–Crippen LogP) is 5.10. The second-order valence-corrected chi connectivity index (χ2v) is 18.4. The average Bonchev–Trinajstić information content (AvgIpc) is 3.28. The molecule has 0 atom stereocenters. The molecule has 43 heavy (non-hydrogen) atoms. The summed E-state index contributed by atoms with van der Waals surface area (Å²) in [7, 11) is -7.59. The van der Waals surface area contributed by atoms with Crippen molar-refractivity contribution < 1.29 is 22.0 Å². The summed E-state index contributed by atoms with van der Waals surface area (Å²) in [5.41, 5.74) is 2.65. The van der Waals surface area contributed by atoms with Crippen molar-refractivity contribution in [3.8, 4) is 11.1 Å². The van der Waals surface area contributed by atoms with Crippen LogP contribution in [0.25, 0.3) is 11.1 Å². The van der Waals surface area contributed by atoms with Crippen molar-refractivity contribution in [1.82, 2.24) is 9.44 Å². The van der Waals surface area contributed by atoms with Crippen molar-refractivity contribution in [3.63, 3.8) is 0 Å². The van der Waals surface area contributed by atoms with Crippen LogP contribution in [0.3, 0.4) is 0 Å². The Hall–Kier alpha value is -2.27. The molecule has 9 aliphatic carbocycles. The van der Waals surface area contributed by atoms with Gasteiger partial charge < -0.3 is 5.21 Å². The minimum atomic E-state index is -3.79. The van der Waals surface area contributed by atoms with Gasteiger partial charge in [0.15, 0.2) is 0 Å². The molecule has 8 nitrogen and oxygen atoms in total. The molecule has 0 saturated heterocycles. The Kier molecular flexibility index (Phi) is 5.90. The lowest BCUT2D eigenvalue weighted by molar-refractivity contribution is -0.00559. The van der Waals surface area contributed by atoms with Crippen LogP contribution in [0.4, 0.5) is 0 Å². The van der Waals surface area contributed by atoms with Gasteiger partial charge in [0.25, 0.3) is 0 Å². The quantitative estimate of drug-likeness (QED) is 0.261. The number of benzene rings is 2. The number of hydrogen-bond donors (Lipinski definition) is 3. The molecule has 3 N–H and O–H groups in total. The molecule has 9 aliphatic rings. The first-order valence-electron chi connectivity index (χ1n) is 16.2. The lowest BCUT2D eigenvalue weighted by Crippen LogP contribution is -2.55. The van der Waals surface area contributed by atoms with Gasteiger partial charge in [0.2, 0.25) is 20.0 Å². The summed E-state index contributed by atoms with van der Waals surface area (Å²) in [6.45, 7) is 0. The van der Waals surface area contributed by atoms with Gasteiger partial charge in [-0.05, 0) is 147 Å². The highest BCUT2D eigenvalue weighted by Crippen LogP contribution is 2.55. The van der Waals surface area contributed by atoms with Gasteiger partial charge >= 0.3 is 0 Å². The van der Waals surface area contributed by atoms with Crippen LogP contribution < -0.4 is 9.44 Å². The first kappa shape index (κ1) is 27.1. The first-order chi connectivity index (χ1) is 20.6. The zero-order chi connectivity index (χ0) is 29.2. The molecule has 228 valence electrons. The molecule has 0 heterocycles. The Morgan fingerprint density at radius 2 is 0.884 bits per heavy atom. The van der Waals surface area contributed by atoms with Crippen LogP contribution in [0.1, 0.15) is 75.3 Å². The molecule has 2 aromatic rings. The predicted molar refractivity (Wildman–Crippen MR) is 162 cm³/mol. The molecule has 0 unspecified atom stereocenters. The molecule has 8 bridgehead atoms. The van der Waals surface area contributed by atoms with Gasteiger partial charge in [-0.2, -0.15) is 0 Å². The van der Waals surface area contributed by atoms with E-state index in [2.05, 4.69) is 14.6 Å². The van der Waals surface area contributed by atoms with E-state index >= 15 is 0 Å². The molecule has 11 rings (SSSR count). The number of nitrogens with zero attached hydrogens (tertiary/aromatic N) is 1. The van der Waals surface area contributed by atoms with E-state index in [4.69, 9.17) is 0 Å². The third-order valence-electron chi connectivity index (χ3n) is 12.5. The Balaban J connectivity index is 0.986. The first-order valence-corrected chi connectivity index (χ1v) is 19.2. The summed E-state index contributed by atoms with van der Waals surface area (Å²) < 4.78 is 60.8. The van der Waals surface area contributed by atoms with Gasteiger partial charge in [-0.15, -0.1) is 0 Å². The van der Waals surface area contributed by atoms with E-state index in [0.29, 0.717) is 34.8 Å². The smallest absolute Gasteiger partial charge is 0.240 e. The zero-order valence-corrected chi connectivity index (χ0v) is 25.8. The van der Waals surface area contributed by atoms with Gasteiger partial charge in [0.05, 0.1) is 9.79 Å². The fraction of sp³-hybridized carbons (Fsp3) is 0.606. The van der Waals surface area contributed by atoms with Crippen LogP contribution in [0, 0.1) is 47.3 Å². The summed E-state index contributed by atoms with van der Waals surface area (Å²) in [5, 5.41) is 13.7. The molecule has 0 amide bonds. The second-order valence-electron chi connectivity index (χ2n) is 15.0. The second kappa shape index (κ2) is 9.37. The maximum Gasteiger partial charge on any atom is 0.240 e. The van der Waals surface area contributed by atoms with E-state index in [9.17, 15) is 22.0 Å². The standard InChI is InChI=1S/C33H39N3O5S2/c37-34-33-29-15-25(42(38,39)35-31-21-7-17-5-18(9-21)10-22(31)8-17)1-3-27(29)28-4-2-26(16-30(28)33)43(40,41)36-32-23-11-19-6-20(13-23)14-24(32)12-19/h1-4,15-24,31-32,35-37H,5-14H2. The summed E-state index contributed by atoms with van der Waals surface area (Å²) in [4.78, 5) is 0.288. The Morgan fingerprint density at radius 1 is 0.535 bits per heavy atom. The molecule has 8 fully saturated rings. The van der Waals surface area contributed by atoms with E-state index in [-0.39, 0.29) is 27.6 Å². The molecule has 2 aromatic carbocycles. The molecule has 0 aromatic heterocycles. The molecular weight excluding hydrogens is 583 g/mol. The van der Waals surface area contributed by atoms with E-state index in [1.807, 2.05) is 0 Å². The highest BCUT2D eigenvalue weighted by atomic mass is 32.2. The van der Waals surface area contributed by atoms with Gasteiger partial charge in [0, 0.05) is 23.2 Å². The monoisotopic (exact) mass is 621 g/mol. The van der Waals surface area contributed by atoms with Crippen LogP contribution in [0.5, 0.6) is 0 Å². The Bertz CT molecular complexity index is 1590. The van der Waals surface area contributed by atoms with Crippen molar-refractivity contribution in [3.05, 3.63) is 47.5 Å². The van der Waals surface area contributed by atoms with Gasteiger partial charge in [0.1, 0.15) is 5.71 Å². The van der Waals surface area contributed by atoms with Crippen LogP contribution in [0.15, 0.2) is 51.3 Å². The van der Waals surface area contributed by atoms with E-state index in [1.165, 1.54) is 12.8 Å². The van der Waals surface area contributed by atoms with Crippen LogP contribution in [-0.2, 0) is 20.0 Å². The Morgan fingerprint density at radius 3 is 1.21 bits per heavy atom. The lowest BCUT2D eigenvalue weighted by atomic mass is 9.54. The fourth-order valence-electron chi connectivity index (χ4n) is 11.2. The van der Waals surface area contributed by atoms with Gasteiger partial charge in [-0.3, -0.25) is 0 Å². The molecule has 0 spiro atoms. The average molecular weight is 622 g/mol. The highest BCUT2D eigenvalue weighted by Gasteiger charge is 2.50. The lowest BCUT2D eigenvalue weighted by Gasteiger charge is -2.54. The van der Waals surface area contributed by atoms with Gasteiger partial charge in [-0.1, -0.05) is 17.3 Å². The van der Waals surface area contributed by atoms with Crippen molar-refractivity contribution in [2.24, 2.45) is 52.5 Å². The molecule has 8 saturated carbocycles. The van der Waals surface area contributed by atoms with Crippen LogP contribution >= 0.6 is 0 Å². The fourth-order valence-corrected chi connectivity index (χ4v) is 14.0. The van der Waals surface area contributed by atoms with E-state index < -0.39 is 20.0 Å². The molecule has 0 radical (unpaired) electrons. The van der Waals surface area contributed by atoms with Crippen molar-refractivity contribution >= 4 is 25.8 Å².